The van der Waals surface area contributed by atoms with E-state index in [4.69, 9.17) is 16.7 Å². The SMILES string of the molecule is NS(=O)(=O)c1ccc(N2C(=O)C(=O)/C(=C(/O)c3ccc(Cl)cc3)[C@@H]2c2cccc([N+](=O)[O-])c2)cc1. The summed E-state index contributed by atoms with van der Waals surface area (Å²) in [6, 6.07) is 14.8. The quantitative estimate of drug-likeness (QED) is 0.173. The average Bonchev–Trinajstić information content (AvgIpc) is 3.09. The lowest BCUT2D eigenvalue weighted by Crippen LogP contribution is -2.29. The van der Waals surface area contributed by atoms with E-state index in [1.165, 1.54) is 60.7 Å². The average molecular weight is 514 g/mol. The number of aliphatic hydroxyl groups is 1. The molecule has 1 atom stereocenters. The third-order valence-electron chi connectivity index (χ3n) is 5.40. The Balaban J connectivity index is 1.95. The first-order valence-corrected chi connectivity index (χ1v) is 11.9. The van der Waals surface area contributed by atoms with E-state index in [1.54, 1.807) is 0 Å². The van der Waals surface area contributed by atoms with E-state index >= 15 is 0 Å². The number of non-ortho nitro benzene ring substituents is 1. The number of benzene rings is 3. The van der Waals surface area contributed by atoms with Gasteiger partial charge in [-0.15, -0.1) is 0 Å². The Morgan fingerprint density at radius 3 is 2.23 bits per heavy atom. The molecule has 10 nitrogen and oxygen atoms in total. The Labute approximate surface area is 204 Å². The fourth-order valence-corrected chi connectivity index (χ4v) is 4.42. The van der Waals surface area contributed by atoms with Crippen molar-refractivity contribution >= 4 is 50.4 Å². The van der Waals surface area contributed by atoms with Crippen molar-refractivity contribution in [3.05, 3.63) is 105 Å². The van der Waals surface area contributed by atoms with E-state index in [-0.39, 0.29) is 33.0 Å². The zero-order valence-electron chi connectivity index (χ0n) is 17.7. The van der Waals surface area contributed by atoms with Crippen LogP contribution in [0.3, 0.4) is 0 Å². The van der Waals surface area contributed by atoms with Crippen molar-refractivity contribution in [2.24, 2.45) is 5.14 Å². The Kier molecular flexibility index (Phi) is 6.15. The number of anilines is 1. The fraction of sp³-hybridized carbons (Fsp3) is 0.0435. The summed E-state index contributed by atoms with van der Waals surface area (Å²) in [5.74, 6) is -2.54. The molecule has 0 saturated carbocycles. The number of carbonyl (C=O) groups excluding carboxylic acids is 2. The van der Waals surface area contributed by atoms with Gasteiger partial charge in [-0.3, -0.25) is 24.6 Å². The number of primary sulfonamides is 1. The minimum atomic E-state index is -4.02. The number of Topliss-reactive ketones (excluding diaryl/α,β-unsaturated/α-hetero) is 1. The van der Waals surface area contributed by atoms with E-state index in [0.29, 0.717) is 5.02 Å². The molecular weight excluding hydrogens is 498 g/mol. The zero-order valence-corrected chi connectivity index (χ0v) is 19.2. The van der Waals surface area contributed by atoms with Gasteiger partial charge in [-0.25, -0.2) is 13.6 Å². The largest absolute Gasteiger partial charge is 0.507 e. The van der Waals surface area contributed by atoms with Crippen molar-refractivity contribution in [1.29, 1.82) is 0 Å². The molecule has 1 amide bonds. The van der Waals surface area contributed by atoms with E-state index in [2.05, 4.69) is 0 Å². The van der Waals surface area contributed by atoms with Gasteiger partial charge in [0.2, 0.25) is 10.0 Å². The predicted octanol–water partition coefficient (Wildman–Crippen LogP) is 3.52. The number of nitro benzene ring substituents is 1. The first-order valence-electron chi connectivity index (χ1n) is 9.93. The molecule has 1 aliphatic heterocycles. The van der Waals surface area contributed by atoms with E-state index in [9.17, 15) is 33.2 Å². The first kappa shape index (κ1) is 24.1. The number of hydrogen-bond acceptors (Lipinski definition) is 7. The molecule has 12 heteroatoms. The number of nitrogens with zero attached hydrogens (tertiary/aromatic N) is 2. The maximum atomic E-state index is 13.1. The number of nitrogens with two attached hydrogens (primary N) is 1. The summed E-state index contributed by atoms with van der Waals surface area (Å²) in [7, 11) is -4.02. The van der Waals surface area contributed by atoms with Crippen molar-refractivity contribution < 1.29 is 28.0 Å². The molecule has 4 rings (SSSR count). The van der Waals surface area contributed by atoms with Crippen molar-refractivity contribution in [1.82, 2.24) is 0 Å². The van der Waals surface area contributed by atoms with E-state index in [0.717, 1.165) is 17.0 Å². The lowest BCUT2D eigenvalue weighted by atomic mass is 9.95. The second kappa shape index (κ2) is 8.95. The highest BCUT2D eigenvalue weighted by Gasteiger charge is 2.47. The third kappa shape index (κ3) is 4.52. The lowest BCUT2D eigenvalue weighted by molar-refractivity contribution is -0.384. The Bertz CT molecular complexity index is 1500. The molecule has 3 aromatic carbocycles. The molecular formula is C23H16ClN3O7S. The smallest absolute Gasteiger partial charge is 0.300 e. The second-order valence-electron chi connectivity index (χ2n) is 7.57. The molecule has 1 heterocycles. The summed E-state index contributed by atoms with van der Waals surface area (Å²) in [5, 5.41) is 27.9. The standard InChI is InChI=1S/C23H16ClN3O7S/c24-15-6-4-13(5-7-15)21(28)19-20(14-2-1-3-17(12-14)27(31)32)26(23(30)22(19)29)16-8-10-18(11-9-16)35(25,33)34/h1-12,20,28H,(H2,25,33,34)/b21-19+/t20-/m0/s1. The van der Waals surface area contributed by atoms with Gasteiger partial charge in [0, 0.05) is 28.4 Å². The first-order chi connectivity index (χ1) is 16.5. The monoisotopic (exact) mass is 513 g/mol. The molecule has 3 aromatic rings. The summed E-state index contributed by atoms with van der Waals surface area (Å²) >= 11 is 5.90. The Morgan fingerprint density at radius 2 is 1.66 bits per heavy atom. The van der Waals surface area contributed by atoms with Crippen LogP contribution >= 0.6 is 11.6 Å². The highest BCUT2D eigenvalue weighted by molar-refractivity contribution is 7.89. The number of ketones is 1. The van der Waals surface area contributed by atoms with Crippen LogP contribution in [0.25, 0.3) is 5.76 Å². The molecule has 1 saturated heterocycles. The predicted molar refractivity (Wildman–Crippen MR) is 127 cm³/mol. The highest BCUT2D eigenvalue weighted by Crippen LogP contribution is 2.43. The zero-order chi connectivity index (χ0) is 25.5. The van der Waals surface area contributed by atoms with Gasteiger partial charge in [0.1, 0.15) is 5.76 Å². The molecule has 1 aliphatic rings. The molecule has 178 valence electrons. The second-order valence-corrected chi connectivity index (χ2v) is 9.56. The van der Waals surface area contributed by atoms with Gasteiger partial charge in [0.05, 0.1) is 21.4 Å². The van der Waals surface area contributed by atoms with Crippen LogP contribution < -0.4 is 10.0 Å². The summed E-state index contributed by atoms with van der Waals surface area (Å²) in [6.07, 6.45) is 0. The maximum absolute atomic E-state index is 13.1. The molecule has 0 aromatic heterocycles. The van der Waals surface area contributed by atoms with Crippen LogP contribution in [0.2, 0.25) is 5.02 Å². The number of hydrogen-bond donors (Lipinski definition) is 2. The van der Waals surface area contributed by atoms with Crippen LogP contribution in [0, 0.1) is 10.1 Å². The van der Waals surface area contributed by atoms with Gasteiger partial charge >= 0.3 is 0 Å². The third-order valence-corrected chi connectivity index (χ3v) is 6.58. The van der Waals surface area contributed by atoms with Gasteiger partial charge in [-0.1, -0.05) is 23.7 Å². The number of aliphatic hydroxyl groups excluding tert-OH is 1. The van der Waals surface area contributed by atoms with Crippen molar-refractivity contribution in [3.8, 4) is 0 Å². The van der Waals surface area contributed by atoms with Crippen molar-refractivity contribution in [2.45, 2.75) is 10.9 Å². The van der Waals surface area contributed by atoms with Crippen LogP contribution in [0.1, 0.15) is 17.2 Å². The molecule has 0 spiro atoms. The number of sulfonamides is 1. The van der Waals surface area contributed by atoms with Crippen molar-refractivity contribution in [2.75, 3.05) is 4.90 Å². The number of halogens is 1. The summed E-state index contributed by atoms with van der Waals surface area (Å²) in [5.41, 5.74) is -0.0829. The highest BCUT2D eigenvalue weighted by atomic mass is 35.5. The van der Waals surface area contributed by atoms with Crippen molar-refractivity contribution in [3.63, 3.8) is 0 Å². The normalized spacial score (nSPS) is 17.5. The van der Waals surface area contributed by atoms with Crippen LogP contribution in [-0.4, -0.2) is 30.1 Å². The van der Waals surface area contributed by atoms with Gasteiger partial charge in [-0.05, 0) is 54.1 Å². The molecule has 35 heavy (non-hydrogen) atoms. The molecule has 3 N–H and O–H groups in total. The Hall–Kier alpha value is -4.06. The molecule has 1 fully saturated rings. The number of rotatable bonds is 5. The van der Waals surface area contributed by atoms with Gasteiger partial charge in [-0.2, -0.15) is 0 Å². The van der Waals surface area contributed by atoms with Crippen LogP contribution in [0.4, 0.5) is 11.4 Å². The van der Waals surface area contributed by atoms with Crippen LogP contribution in [-0.2, 0) is 19.6 Å². The maximum Gasteiger partial charge on any atom is 0.300 e. The van der Waals surface area contributed by atoms with Gasteiger partial charge < -0.3 is 5.11 Å². The molecule has 0 unspecified atom stereocenters. The minimum absolute atomic E-state index is 0.117. The number of carbonyl (C=O) groups is 2. The molecule has 0 radical (unpaired) electrons. The van der Waals surface area contributed by atoms with Gasteiger partial charge in [0.25, 0.3) is 17.4 Å². The van der Waals surface area contributed by atoms with Gasteiger partial charge in [0.15, 0.2) is 0 Å². The molecule has 0 bridgehead atoms. The van der Waals surface area contributed by atoms with Crippen LogP contribution in [0.5, 0.6) is 0 Å². The lowest BCUT2D eigenvalue weighted by Gasteiger charge is -2.25. The van der Waals surface area contributed by atoms with Crippen LogP contribution in [0.15, 0.2) is 83.3 Å². The summed E-state index contributed by atoms with van der Waals surface area (Å²) in [4.78, 5) is 37.8. The molecule has 0 aliphatic carbocycles. The summed E-state index contributed by atoms with van der Waals surface area (Å²) < 4.78 is 23.2. The minimum Gasteiger partial charge on any atom is -0.507 e. The topological polar surface area (TPSA) is 161 Å². The van der Waals surface area contributed by atoms with E-state index in [1.807, 2.05) is 0 Å². The Morgan fingerprint density at radius 1 is 1.03 bits per heavy atom. The number of nitro groups is 1. The number of amides is 1. The summed E-state index contributed by atoms with van der Waals surface area (Å²) in [6.45, 7) is 0. The fourth-order valence-electron chi connectivity index (χ4n) is 3.78. The van der Waals surface area contributed by atoms with E-state index < -0.39 is 38.4 Å².